The molecule has 0 aliphatic carbocycles. The lowest BCUT2D eigenvalue weighted by molar-refractivity contribution is 0.0954. The van der Waals surface area contributed by atoms with Gasteiger partial charge in [0.05, 0.1) is 12.2 Å². The van der Waals surface area contributed by atoms with E-state index < -0.39 is 0 Å². The van der Waals surface area contributed by atoms with E-state index in [1.54, 1.807) is 0 Å². The number of amides is 1. The Balaban J connectivity index is 1.98. The van der Waals surface area contributed by atoms with E-state index in [4.69, 9.17) is 4.74 Å². The lowest BCUT2D eigenvalue weighted by Crippen LogP contribution is -2.43. The molecule has 1 unspecified atom stereocenters. The molecule has 0 spiro atoms. The van der Waals surface area contributed by atoms with E-state index >= 15 is 0 Å². The Bertz CT molecular complexity index is 609. The maximum absolute atomic E-state index is 12.7. The number of nitrogens with zero attached hydrogens (tertiary/aromatic N) is 1. The highest BCUT2D eigenvalue weighted by Crippen LogP contribution is 2.34. The van der Waals surface area contributed by atoms with Gasteiger partial charge in [0, 0.05) is 5.56 Å². The molecule has 20 heavy (non-hydrogen) atoms. The second-order valence-electron chi connectivity index (χ2n) is 4.90. The van der Waals surface area contributed by atoms with E-state index in [0.29, 0.717) is 12.1 Å². The van der Waals surface area contributed by atoms with E-state index in [9.17, 15) is 4.79 Å². The fourth-order valence-electron chi connectivity index (χ4n) is 2.44. The SMILES string of the molecule is CCC1CN(C(=O)c2ccccc2)c2ccccc2O1. The van der Waals surface area contributed by atoms with Gasteiger partial charge < -0.3 is 9.64 Å². The number of hydrogen-bond acceptors (Lipinski definition) is 2. The Morgan fingerprint density at radius 1 is 1.15 bits per heavy atom. The maximum Gasteiger partial charge on any atom is 0.258 e. The first-order valence-electron chi connectivity index (χ1n) is 6.92. The molecular formula is C17H17NO2. The van der Waals surface area contributed by atoms with Crippen LogP contribution in [0.4, 0.5) is 5.69 Å². The average molecular weight is 267 g/mol. The minimum atomic E-state index is 0.0276. The van der Waals surface area contributed by atoms with E-state index in [0.717, 1.165) is 17.9 Å². The Morgan fingerprint density at radius 3 is 2.60 bits per heavy atom. The molecule has 0 fully saturated rings. The van der Waals surface area contributed by atoms with Crippen LogP contribution < -0.4 is 9.64 Å². The van der Waals surface area contributed by atoms with Gasteiger partial charge in [-0.15, -0.1) is 0 Å². The molecule has 1 atom stereocenters. The number of carbonyl (C=O) groups excluding carboxylic acids is 1. The van der Waals surface area contributed by atoms with E-state index in [2.05, 4.69) is 6.92 Å². The molecule has 0 radical (unpaired) electrons. The summed E-state index contributed by atoms with van der Waals surface area (Å²) in [5.41, 5.74) is 1.56. The van der Waals surface area contributed by atoms with Crippen LogP contribution in [0.2, 0.25) is 0 Å². The first kappa shape index (κ1) is 12.7. The summed E-state index contributed by atoms with van der Waals surface area (Å²) < 4.78 is 5.90. The predicted molar refractivity (Wildman–Crippen MR) is 79.3 cm³/mol. The van der Waals surface area contributed by atoms with Gasteiger partial charge in [-0.1, -0.05) is 37.3 Å². The van der Waals surface area contributed by atoms with Crippen molar-refractivity contribution < 1.29 is 9.53 Å². The predicted octanol–water partition coefficient (Wildman–Crippen LogP) is 3.50. The molecule has 1 heterocycles. The number of hydrogen-bond donors (Lipinski definition) is 0. The van der Waals surface area contributed by atoms with Crippen LogP contribution >= 0.6 is 0 Å². The number of benzene rings is 2. The van der Waals surface area contributed by atoms with Crippen LogP contribution in [-0.2, 0) is 0 Å². The lowest BCUT2D eigenvalue weighted by Gasteiger charge is -2.34. The molecule has 3 heteroatoms. The molecular weight excluding hydrogens is 250 g/mol. The molecule has 0 bridgehead atoms. The third kappa shape index (κ3) is 2.27. The van der Waals surface area contributed by atoms with Gasteiger partial charge in [-0.3, -0.25) is 4.79 Å². The maximum atomic E-state index is 12.7. The molecule has 0 aromatic heterocycles. The normalized spacial score (nSPS) is 17.2. The third-order valence-corrected chi connectivity index (χ3v) is 3.56. The highest BCUT2D eigenvalue weighted by atomic mass is 16.5. The van der Waals surface area contributed by atoms with Crippen LogP contribution in [0.25, 0.3) is 0 Å². The van der Waals surface area contributed by atoms with Crippen molar-refractivity contribution in [3.8, 4) is 5.75 Å². The first-order valence-corrected chi connectivity index (χ1v) is 6.92. The van der Waals surface area contributed by atoms with Crippen LogP contribution in [0.1, 0.15) is 23.7 Å². The molecule has 1 amide bonds. The molecule has 1 aliphatic heterocycles. The fourth-order valence-corrected chi connectivity index (χ4v) is 2.44. The van der Waals surface area contributed by atoms with Crippen LogP contribution in [0.3, 0.4) is 0 Å². The number of para-hydroxylation sites is 2. The summed E-state index contributed by atoms with van der Waals surface area (Å²) in [6.07, 6.45) is 0.935. The summed E-state index contributed by atoms with van der Waals surface area (Å²) in [4.78, 5) is 14.5. The molecule has 2 aromatic carbocycles. The van der Waals surface area contributed by atoms with Crippen molar-refractivity contribution in [2.75, 3.05) is 11.4 Å². The largest absolute Gasteiger partial charge is 0.486 e. The zero-order chi connectivity index (χ0) is 13.9. The Hall–Kier alpha value is -2.29. The molecule has 102 valence electrons. The lowest BCUT2D eigenvalue weighted by atomic mass is 10.1. The van der Waals surface area contributed by atoms with Gasteiger partial charge >= 0.3 is 0 Å². The number of anilines is 1. The fraction of sp³-hybridized carbons (Fsp3) is 0.235. The van der Waals surface area contributed by atoms with Crippen molar-refractivity contribution in [2.45, 2.75) is 19.4 Å². The summed E-state index contributed by atoms with van der Waals surface area (Å²) in [5, 5.41) is 0. The highest BCUT2D eigenvalue weighted by Gasteiger charge is 2.29. The van der Waals surface area contributed by atoms with Gasteiger partial charge in [0.1, 0.15) is 11.9 Å². The Labute approximate surface area is 118 Å². The molecule has 3 nitrogen and oxygen atoms in total. The van der Waals surface area contributed by atoms with Gasteiger partial charge in [0.15, 0.2) is 0 Å². The Kier molecular flexibility index (Phi) is 3.42. The smallest absolute Gasteiger partial charge is 0.258 e. The van der Waals surface area contributed by atoms with Crippen LogP contribution in [0.15, 0.2) is 54.6 Å². The molecule has 0 N–H and O–H groups in total. The highest BCUT2D eigenvalue weighted by molar-refractivity contribution is 6.07. The van der Waals surface area contributed by atoms with Crippen molar-refractivity contribution in [3.05, 3.63) is 60.2 Å². The van der Waals surface area contributed by atoms with Gasteiger partial charge in [-0.25, -0.2) is 0 Å². The summed E-state index contributed by atoms with van der Waals surface area (Å²) in [7, 11) is 0. The second-order valence-corrected chi connectivity index (χ2v) is 4.90. The molecule has 2 aromatic rings. The summed E-state index contributed by atoms with van der Waals surface area (Å²) >= 11 is 0. The van der Waals surface area contributed by atoms with Crippen LogP contribution in [0, 0.1) is 0 Å². The third-order valence-electron chi connectivity index (χ3n) is 3.56. The van der Waals surface area contributed by atoms with E-state index in [1.165, 1.54) is 0 Å². The standard InChI is InChI=1S/C17H17NO2/c1-2-14-12-18(15-10-6-7-11-16(15)20-14)17(19)13-8-4-3-5-9-13/h3-11,14H,2,12H2,1H3. The van der Waals surface area contributed by atoms with Crippen molar-refractivity contribution in [2.24, 2.45) is 0 Å². The van der Waals surface area contributed by atoms with Crippen molar-refractivity contribution >= 4 is 11.6 Å². The first-order chi connectivity index (χ1) is 9.79. The molecule has 0 saturated carbocycles. The number of rotatable bonds is 2. The zero-order valence-electron chi connectivity index (χ0n) is 11.5. The number of ether oxygens (including phenoxy) is 1. The molecule has 1 aliphatic rings. The van der Waals surface area contributed by atoms with Crippen molar-refractivity contribution in [1.82, 2.24) is 0 Å². The van der Waals surface area contributed by atoms with E-state index in [1.807, 2.05) is 59.5 Å². The van der Waals surface area contributed by atoms with Crippen molar-refractivity contribution in [3.63, 3.8) is 0 Å². The van der Waals surface area contributed by atoms with Gasteiger partial charge in [0.25, 0.3) is 5.91 Å². The quantitative estimate of drug-likeness (QED) is 0.833. The zero-order valence-corrected chi connectivity index (χ0v) is 11.5. The number of carbonyl (C=O) groups is 1. The average Bonchev–Trinajstić information content (AvgIpc) is 2.54. The molecule has 0 saturated heterocycles. The van der Waals surface area contributed by atoms with Gasteiger partial charge in [-0.05, 0) is 30.7 Å². The molecule has 3 rings (SSSR count). The minimum absolute atomic E-state index is 0.0276. The van der Waals surface area contributed by atoms with Crippen molar-refractivity contribution in [1.29, 1.82) is 0 Å². The number of fused-ring (bicyclic) bond motifs is 1. The monoisotopic (exact) mass is 267 g/mol. The summed E-state index contributed by atoms with van der Waals surface area (Å²) in [5.74, 6) is 0.815. The van der Waals surface area contributed by atoms with Gasteiger partial charge in [0.2, 0.25) is 0 Å². The Morgan fingerprint density at radius 2 is 1.85 bits per heavy atom. The summed E-state index contributed by atoms with van der Waals surface area (Å²) in [6, 6.07) is 17.1. The minimum Gasteiger partial charge on any atom is -0.486 e. The topological polar surface area (TPSA) is 29.5 Å². The second kappa shape index (κ2) is 5.37. The van der Waals surface area contributed by atoms with Crippen LogP contribution in [-0.4, -0.2) is 18.6 Å². The van der Waals surface area contributed by atoms with Crippen LogP contribution in [0.5, 0.6) is 5.75 Å². The van der Waals surface area contributed by atoms with Gasteiger partial charge in [-0.2, -0.15) is 0 Å². The van der Waals surface area contributed by atoms with E-state index in [-0.39, 0.29) is 12.0 Å². The summed E-state index contributed by atoms with van der Waals surface area (Å²) in [6.45, 7) is 2.67.